The maximum Gasteiger partial charge on any atom is 0.270 e. The van der Waals surface area contributed by atoms with Crippen molar-refractivity contribution >= 4 is 11.6 Å². The lowest BCUT2D eigenvalue weighted by atomic mass is 10.1. The third kappa shape index (κ3) is 2.39. The predicted molar refractivity (Wildman–Crippen MR) is 85.1 cm³/mol. The Hall–Kier alpha value is -2.67. The highest BCUT2D eigenvalue weighted by molar-refractivity contribution is 5.93. The SMILES string of the molecule is CN1CCN(C(=O)c2cccc3nccn23)C[C@@H]1c1ncc[nH]1. The standard InChI is InChI=1S/C16H18N6O/c1-20-9-10-21(11-13(20)15-18-5-6-19-15)16(23)12-3-2-4-14-17-7-8-22(12)14/h2-8,13H,9-11H2,1H3,(H,18,19)/t13-/m1/s1. The van der Waals surface area contributed by atoms with Crippen LogP contribution in [0.1, 0.15) is 22.4 Å². The van der Waals surface area contributed by atoms with Crippen LogP contribution in [0.25, 0.3) is 5.65 Å². The summed E-state index contributed by atoms with van der Waals surface area (Å²) < 4.78 is 1.84. The number of imidazole rings is 2. The normalized spacial score (nSPS) is 19.3. The Morgan fingerprint density at radius 1 is 1.26 bits per heavy atom. The molecule has 0 radical (unpaired) electrons. The molecule has 0 bridgehead atoms. The number of hydrogen-bond acceptors (Lipinski definition) is 4. The van der Waals surface area contributed by atoms with E-state index in [1.807, 2.05) is 39.9 Å². The van der Waals surface area contributed by atoms with E-state index in [0.717, 1.165) is 18.0 Å². The molecule has 1 aliphatic heterocycles. The summed E-state index contributed by atoms with van der Waals surface area (Å²) in [6, 6.07) is 5.70. The van der Waals surface area contributed by atoms with Gasteiger partial charge in [0.25, 0.3) is 5.91 Å². The van der Waals surface area contributed by atoms with Crippen molar-refractivity contribution in [3.63, 3.8) is 0 Å². The largest absolute Gasteiger partial charge is 0.347 e. The number of H-pyrrole nitrogens is 1. The molecule has 0 aromatic carbocycles. The Morgan fingerprint density at radius 3 is 3.00 bits per heavy atom. The van der Waals surface area contributed by atoms with E-state index >= 15 is 0 Å². The van der Waals surface area contributed by atoms with Crippen molar-refractivity contribution < 1.29 is 4.79 Å². The van der Waals surface area contributed by atoms with Gasteiger partial charge in [0.05, 0.1) is 6.04 Å². The van der Waals surface area contributed by atoms with Crippen LogP contribution in [0.15, 0.2) is 43.0 Å². The molecule has 3 aromatic rings. The van der Waals surface area contributed by atoms with Crippen LogP contribution in [-0.4, -0.2) is 61.7 Å². The second-order valence-electron chi connectivity index (χ2n) is 5.79. The fourth-order valence-corrected chi connectivity index (χ4v) is 3.10. The molecular weight excluding hydrogens is 292 g/mol. The Labute approximate surface area is 133 Å². The number of aromatic amines is 1. The Bertz CT molecular complexity index is 824. The first kappa shape index (κ1) is 14.0. The highest BCUT2D eigenvalue weighted by Crippen LogP contribution is 2.22. The van der Waals surface area contributed by atoms with E-state index in [1.165, 1.54) is 0 Å². The van der Waals surface area contributed by atoms with Crippen molar-refractivity contribution in [2.45, 2.75) is 6.04 Å². The minimum Gasteiger partial charge on any atom is -0.347 e. The molecule has 0 spiro atoms. The van der Waals surface area contributed by atoms with Crippen LogP contribution in [0.3, 0.4) is 0 Å². The molecule has 7 heteroatoms. The third-order valence-electron chi connectivity index (χ3n) is 4.42. The summed E-state index contributed by atoms with van der Waals surface area (Å²) in [5.41, 5.74) is 1.43. The highest BCUT2D eigenvalue weighted by Gasteiger charge is 2.31. The fraction of sp³-hybridized carbons (Fsp3) is 0.312. The number of aromatic nitrogens is 4. The van der Waals surface area contributed by atoms with Crippen LogP contribution in [0.4, 0.5) is 0 Å². The lowest BCUT2D eigenvalue weighted by molar-refractivity contribution is 0.0527. The van der Waals surface area contributed by atoms with Gasteiger partial charge in [-0.3, -0.25) is 14.1 Å². The zero-order chi connectivity index (χ0) is 15.8. The van der Waals surface area contributed by atoms with Gasteiger partial charge in [0, 0.05) is 44.4 Å². The maximum atomic E-state index is 13.0. The van der Waals surface area contributed by atoms with Gasteiger partial charge in [0.1, 0.15) is 17.2 Å². The monoisotopic (exact) mass is 310 g/mol. The van der Waals surface area contributed by atoms with E-state index in [4.69, 9.17) is 0 Å². The third-order valence-corrected chi connectivity index (χ3v) is 4.42. The summed E-state index contributed by atoms with van der Waals surface area (Å²) in [4.78, 5) is 28.8. The number of pyridine rings is 1. The molecule has 1 amide bonds. The molecule has 23 heavy (non-hydrogen) atoms. The van der Waals surface area contributed by atoms with Gasteiger partial charge in [-0.1, -0.05) is 6.07 Å². The van der Waals surface area contributed by atoms with Gasteiger partial charge >= 0.3 is 0 Å². The van der Waals surface area contributed by atoms with Crippen molar-refractivity contribution in [2.24, 2.45) is 0 Å². The van der Waals surface area contributed by atoms with Gasteiger partial charge in [0.15, 0.2) is 0 Å². The predicted octanol–water partition coefficient (Wildman–Crippen LogP) is 1.19. The van der Waals surface area contributed by atoms with Gasteiger partial charge < -0.3 is 9.88 Å². The van der Waals surface area contributed by atoms with Crippen molar-refractivity contribution in [1.29, 1.82) is 0 Å². The second-order valence-corrected chi connectivity index (χ2v) is 5.79. The fourth-order valence-electron chi connectivity index (χ4n) is 3.10. The van der Waals surface area contributed by atoms with Crippen LogP contribution in [0.5, 0.6) is 0 Å². The van der Waals surface area contributed by atoms with Crippen LogP contribution < -0.4 is 0 Å². The average Bonchev–Trinajstić information content (AvgIpc) is 3.25. The van der Waals surface area contributed by atoms with Gasteiger partial charge in [-0.25, -0.2) is 9.97 Å². The molecule has 118 valence electrons. The summed E-state index contributed by atoms with van der Waals surface area (Å²) in [5, 5.41) is 0. The zero-order valence-corrected chi connectivity index (χ0v) is 12.9. The van der Waals surface area contributed by atoms with E-state index in [1.54, 1.807) is 12.4 Å². The van der Waals surface area contributed by atoms with Gasteiger partial charge in [-0.05, 0) is 19.2 Å². The van der Waals surface area contributed by atoms with E-state index < -0.39 is 0 Å². The first-order valence-corrected chi connectivity index (χ1v) is 7.65. The van der Waals surface area contributed by atoms with Crippen molar-refractivity contribution in [1.82, 2.24) is 29.2 Å². The molecule has 7 nitrogen and oxygen atoms in total. The molecule has 1 atom stereocenters. The van der Waals surface area contributed by atoms with Crippen LogP contribution in [0, 0.1) is 0 Å². The number of piperazine rings is 1. The number of fused-ring (bicyclic) bond motifs is 1. The number of amides is 1. The zero-order valence-electron chi connectivity index (χ0n) is 12.9. The lowest BCUT2D eigenvalue weighted by Crippen LogP contribution is -2.49. The summed E-state index contributed by atoms with van der Waals surface area (Å²) >= 11 is 0. The van der Waals surface area contributed by atoms with Crippen molar-refractivity contribution in [3.05, 3.63) is 54.5 Å². The van der Waals surface area contributed by atoms with E-state index in [0.29, 0.717) is 18.8 Å². The summed E-state index contributed by atoms with van der Waals surface area (Å²) in [6.07, 6.45) is 7.09. The van der Waals surface area contributed by atoms with Crippen LogP contribution in [-0.2, 0) is 0 Å². The molecule has 1 aliphatic rings. The van der Waals surface area contributed by atoms with Gasteiger partial charge in [-0.15, -0.1) is 0 Å². The second kappa shape index (κ2) is 5.51. The minimum atomic E-state index is 0.0262. The Morgan fingerprint density at radius 2 is 2.17 bits per heavy atom. The molecule has 1 N–H and O–H groups in total. The molecule has 4 rings (SSSR count). The molecule has 0 aliphatic carbocycles. The molecule has 1 fully saturated rings. The van der Waals surface area contributed by atoms with Crippen LogP contribution >= 0.6 is 0 Å². The number of nitrogens with zero attached hydrogens (tertiary/aromatic N) is 5. The summed E-state index contributed by atoms with van der Waals surface area (Å²) in [7, 11) is 2.06. The number of carbonyl (C=O) groups excluding carboxylic acids is 1. The number of nitrogens with one attached hydrogen (secondary N) is 1. The molecular formula is C16H18N6O. The average molecular weight is 310 g/mol. The van der Waals surface area contributed by atoms with Crippen molar-refractivity contribution in [2.75, 3.05) is 26.7 Å². The first-order valence-electron chi connectivity index (χ1n) is 7.65. The van der Waals surface area contributed by atoms with Crippen molar-refractivity contribution in [3.8, 4) is 0 Å². The van der Waals surface area contributed by atoms with Gasteiger partial charge in [-0.2, -0.15) is 0 Å². The Kier molecular flexibility index (Phi) is 3.34. The lowest BCUT2D eigenvalue weighted by Gasteiger charge is -2.38. The summed E-state index contributed by atoms with van der Waals surface area (Å²) in [6.45, 7) is 2.14. The minimum absolute atomic E-state index is 0.0262. The van der Waals surface area contributed by atoms with E-state index in [-0.39, 0.29) is 11.9 Å². The number of hydrogen-bond donors (Lipinski definition) is 1. The number of rotatable bonds is 2. The molecule has 0 saturated carbocycles. The van der Waals surface area contributed by atoms with Gasteiger partial charge in [0.2, 0.25) is 0 Å². The van der Waals surface area contributed by atoms with Crippen LogP contribution in [0.2, 0.25) is 0 Å². The number of likely N-dealkylation sites (N-methyl/N-ethyl adjacent to an activating group) is 1. The number of carbonyl (C=O) groups is 1. The smallest absolute Gasteiger partial charge is 0.270 e. The molecule has 0 unspecified atom stereocenters. The molecule has 1 saturated heterocycles. The van der Waals surface area contributed by atoms with E-state index in [9.17, 15) is 4.79 Å². The quantitative estimate of drug-likeness (QED) is 0.772. The van der Waals surface area contributed by atoms with E-state index in [2.05, 4.69) is 26.9 Å². The molecule has 4 heterocycles. The molecule has 3 aromatic heterocycles. The Balaban J connectivity index is 1.62. The summed E-state index contributed by atoms with van der Waals surface area (Å²) in [5.74, 6) is 0.920. The topological polar surface area (TPSA) is 69.5 Å². The first-order chi connectivity index (χ1) is 11.2. The highest BCUT2D eigenvalue weighted by atomic mass is 16.2. The maximum absolute atomic E-state index is 13.0.